The third kappa shape index (κ3) is 7.01. The fraction of sp³-hybridized carbons (Fsp3) is 0.320. The Hall–Kier alpha value is -3.57. The molecule has 3 aromatic rings. The van der Waals surface area contributed by atoms with Crippen molar-refractivity contribution < 1.29 is 37.3 Å². The number of nitrogens with one attached hydrogen (secondary N) is 1. The number of nitrogens with zero attached hydrogens (tertiary/aromatic N) is 2. The molecule has 0 fully saturated rings. The maximum atomic E-state index is 13.2. The molecule has 2 aromatic carbocycles. The lowest BCUT2D eigenvalue weighted by Crippen LogP contribution is -2.33. The SMILES string of the molecule is COCc1cccc(-c2n[nH]c3c2CCN(C(=O)c2ccc(Cl)cc2OC)CC3)c1.O=C(O)C(F)(F)F. The maximum absolute atomic E-state index is 13.2. The monoisotopic (exact) mass is 539 g/mol. The second-order valence-corrected chi connectivity index (χ2v) is 8.54. The molecule has 0 bridgehead atoms. The van der Waals surface area contributed by atoms with Gasteiger partial charge in [-0.3, -0.25) is 9.89 Å². The summed E-state index contributed by atoms with van der Waals surface area (Å²) < 4.78 is 42.4. The van der Waals surface area contributed by atoms with Crippen LogP contribution in [0.1, 0.15) is 27.2 Å². The number of hydrogen-bond donors (Lipinski definition) is 2. The number of methoxy groups -OCH3 is 2. The number of halogens is 4. The second kappa shape index (κ2) is 12.1. The quantitative estimate of drug-likeness (QED) is 0.484. The van der Waals surface area contributed by atoms with Gasteiger partial charge in [0.1, 0.15) is 5.75 Å². The molecule has 0 aliphatic carbocycles. The Bertz CT molecular complexity index is 1260. The summed E-state index contributed by atoms with van der Waals surface area (Å²) in [6, 6.07) is 13.3. The number of carboxylic acid groups (broad SMARTS) is 1. The zero-order valence-corrected chi connectivity index (χ0v) is 20.8. The lowest BCUT2D eigenvalue weighted by Gasteiger charge is -2.21. The molecule has 0 saturated heterocycles. The van der Waals surface area contributed by atoms with E-state index < -0.39 is 12.1 Å². The van der Waals surface area contributed by atoms with E-state index >= 15 is 0 Å². The third-order valence-electron chi connectivity index (χ3n) is 5.65. The van der Waals surface area contributed by atoms with E-state index in [1.165, 1.54) is 5.56 Å². The largest absolute Gasteiger partial charge is 0.496 e. The van der Waals surface area contributed by atoms with Crippen LogP contribution in [0.4, 0.5) is 13.2 Å². The van der Waals surface area contributed by atoms with Crippen molar-refractivity contribution in [2.24, 2.45) is 0 Å². The number of aliphatic carboxylic acids is 1. The van der Waals surface area contributed by atoms with Crippen molar-refractivity contribution in [1.29, 1.82) is 0 Å². The summed E-state index contributed by atoms with van der Waals surface area (Å²) in [5.41, 5.74) is 5.89. The van der Waals surface area contributed by atoms with E-state index in [0.717, 1.165) is 35.4 Å². The van der Waals surface area contributed by atoms with Crippen molar-refractivity contribution in [3.05, 3.63) is 69.9 Å². The van der Waals surface area contributed by atoms with Gasteiger partial charge in [0, 0.05) is 48.5 Å². The summed E-state index contributed by atoms with van der Waals surface area (Å²) in [6.07, 6.45) is -3.63. The van der Waals surface area contributed by atoms with Crippen molar-refractivity contribution in [1.82, 2.24) is 15.1 Å². The maximum Gasteiger partial charge on any atom is 0.490 e. The van der Waals surface area contributed by atoms with Crippen LogP contribution in [0.15, 0.2) is 42.5 Å². The molecule has 1 amide bonds. The smallest absolute Gasteiger partial charge is 0.490 e. The molecule has 0 atom stereocenters. The van der Waals surface area contributed by atoms with Gasteiger partial charge in [-0.05, 0) is 36.2 Å². The summed E-state index contributed by atoms with van der Waals surface area (Å²) in [5.74, 6) is -2.31. The normalized spacial score (nSPS) is 13.2. The van der Waals surface area contributed by atoms with E-state index in [4.69, 9.17) is 31.0 Å². The van der Waals surface area contributed by atoms with Crippen LogP contribution in [0.5, 0.6) is 5.75 Å². The van der Waals surface area contributed by atoms with Crippen LogP contribution in [0.2, 0.25) is 5.02 Å². The average Bonchev–Trinajstić information content (AvgIpc) is 3.15. The summed E-state index contributed by atoms with van der Waals surface area (Å²) >= 11 is 6.04. The van der Waals surface area contributed by atoms with Gasteiger partial charge in [0.05, 0.1) is 25.0 Å². The predicted molar refractivity (Wildman–Crippen MR) is 130 cm³/mol. The number of alkyl halides is 3. The first-order valence-corrected chi connectivity index (χ1v) is 11.5. The minimum absolute atomic E-state index is 0.0507. The van der Waals surface area contributed by atoms with Crippen molar-refractivity contribution in [3.63, 3.8) is 0 Å². The minimum Gasteiger partial charge on any atom is -0.496 e. The van der Waals surface area contributed by atoms with E-state index in [0.29, 0.717) is 36.0 Å². The predicted octanol–water partition coefficient (Wildman–Crippen LogP) is 4.76. The lowest BCUT2D eigenvalue weighted by molar-refractivity contribution is -0.192. The molecule has 0 radical (unpaired) electrons. The van der Waals surface area contributed by atoms with Gasteiger partial charge in [-0.15, -0.1) is 0 Å². The number of ether oxygens (including phenoxy) is 2. The topological polar surface area (TPSA) is 105 Å². The van der Waals surface area contributed by atoms with E-state index in [1.54, 1.807) is 32.4 Å². The molecule has 37 heavy (non-hydrogen) atoms. The Balaban J connectivity index is 0.000000479. The second-order valence-electron chi connectivity index (χ2n) is 8.10. The van der Waals surface area contributed by atoms with Crippen LogP contribution >= 0.6 is 11.6 Å². The number of carbonyl (C=O) groups excluding carboxylic acids is 1. The number of carboxylic acids is 1. The van der Waals surface area contributed by atoms with Gasteiger partial charge in [-0.2, -0.15) is 18.3 Å². The Morgan fingerprint density at radius 3 is 2.49 bits per heavy atom. The zero-order valence-electron chi connectivity index (χ0n) is 20.1. The average molecular weight is 540 g/mol. The van der Waals surface area contributed by atoms with Gasteiger partial charge in [0.25, 0.3) is 5.91 Å². The number of carbonyl (C=O) groups is 2. The molecule has 1 aliphatic rings. The van der Waals surface area contributed by atoms with E-state index in [9.17, 15) is 18.0 Å². The van der Waals surface area contributed by atoms with Crippen LogP contribution in [-0.4, -0.2) is 65.6 Å². The molecular formula is C25H25ClF3N3O5. The van der Waals surface area contributed by atoms with Crippen LogP contribution in [-0.2, 0) is 29.0 Å². The Morgan fingerprint density at radius 1 is 1.14 bits per heavy atom. The molecule has 0 spiro atoms. The van der Waals surface area contributed by atoms with Crippen LogP contribution in [0, 0.1) is 0 Å². The molecule has 4 rings (SSSR count). The number of aromatic nitrogens is 2. The molecule has 0 unspecified atom stereocenters. The van der Waals surface area contributed by atoms with Crippen LogP contribution in [0.25, 0.3) is 11.3 Å². The van der Waals surface area contributed by atoms with Crippen molar-refractivity contribution in [2.75, 3.05) is 27.3 Å². The highest BCUT2D eigenvalue weighted by Gasteiger charge is 2.38. The Morgan fingerprint density at radius 2 is 1.84 bits per heavy atom. The van der Waals surface area contributed by atoms with Crippen LogP contribution < -0.4 is 4.74 Å². The van der Waals surface area contributed by atoms with Gasteiger partial charge in [0.15, 0.2) is 0 Å². The van der Waals surface area contributed by atoms with Gasteiger partial charge in [-0.25, -0.2) is 4.79 Å². The summed E-state index contributed by atoms with van der Waals surface area (Å²) in [5, 5.41) is 15.4. The highest BCUT2D eigenvalue weighted by molar-refractivity contribution is 6.30. The fourth-order valence-corrected chi connectivity index (χ4v) is 4.07. The lowest BCUT2D eigenvalue weighted by atomic mass is 10.0. The number of amides is 1. The molecule has 1 aliphatic heterocycles. The number of fused-ring (bicyclic) bond motifs is 1. The summed E-state index contributed by atoms with van der Waals surface area (Å²) in [6.45, 7) is 1.79. The van der Waals surface area contributed by atoms with E-state index in [1.807, 2.05) is 17.0 Å². The molecule has 2 N–H and O–H groups in total. The first-order chi connectivity index (χ1) is 17.5. The van der Waals surface area contributed by atoms with Gasteiger partial charge in [-0.1, -0.05) is 29.8 Å². The highest BCUT2D eigenvalue weighted by atomic mass is 35.5. The van der Waals surface area contributed by atoms with E-state index in [-0.39, 0.29) is 5.91 Å². The zero-order chi connectivity index (χ0) is 27.2. The fourth-order valence-electron chi connectivity index (χ4n) is 3.91. The molecule has 1 aromatic heterocycles. The van der Waals surface area contributed by atoms with Crippen molar-refractivity contribution in [2.45, 2.75) is 25.6 Å². The number of hydrogen-bond acceptors (Lipinski definition) is 5. The minimum atomic E-state index is -5.08. The molecule has 0 saturated carbocycles. The molecule has 198 valence electrons. The van der Waals surface area contributed by atoms with E-state index in [2.05, 4.69) is 22.3 Å². The van der Waals surface area contributed by atoms with Crippen LogP contribution in [0.3, 0.4) is 0 Å². The Kier molecular flexibility index (Phi) is 9.17. The molecule has 8 nitrogen and oxygen atoms in total. The standard InChI is InChI=1S/C23H24ClN3O3.C2HF3O2/c1-29-14-15-4-3-5-16(12-15)22-18-8-10-27(11-9-20(18)25-26-22)23(28)19-7-6-17(24)13-21(19)30-2;3-2(4,5)1(6)7/h3-7,12-13H,8-11,14H2,1-2H3,(H,25,26);(H,6,7). The van der Waals surface area contributed by atoms with Gasteiger partial charge < -0.3 is 19.5 Å². The third-order valence-corrected chi connectivity index (χ3v) is 5.89. The highest BCUT2D eigenvalue weighted by Crippen LogP contribution is 2.29. The molecule has 12 heteroatoms. The number of aromatic amines is 1. The number of H-pyrrole nitrogens is 1. The van der Waals surface area contributed by atoms with Crippen molar-refractivity contribution in [3.8, 4) is 17.0 Å². The Labute approximate surface area is 215 Å². The summed E-state index contributed by atoms with van der Waals surface area (Å²) in [4.78, 5) is 23.9. The van der Waals surface area contributed by atoms with Gasteiger partial charge in [0.2, 0.25) is 0 Å². The number of benzene rings is 2. The first-order valence-electron chi connectivity index (χ1n) is 11.1. The molecular weight excluding hydrogens is 515 g/mol. The number of rotatable bonds is 5. The van der Waals surface area contributed by atoms with Gasteiger partial charge >= 0.3 is 12.1 Å². The molecule has 2 heterocycles. The van der Waals surface area contributed by atoms with Crippen molar-refractivity contribution >= 4 is 23.5 Å². The summed E-state index contributed by atoms with van der Waals surface area (Å²) in [7, 11) is 3.24. The first kappa shape index (κ1) is 28.0.